The van der Waals surface area contributed by atoms with Crippen LogP contribution in [0.3, 0.4) is 0 Å². The number of carbonyl (C=O) groups excluding carboxylic acids is 3. The zero-order valence-corrected chi connectivity index (χ0v) is 19.8. The van der Waals surface area contributed by atoms with E-state index >= 15 is 0 Å². The van der Waals surface area contributed by atoms with E-state index in [1.807, 2.05) is 24.3 Å². The second kappa shape index (κ2) is 8.36. The van der Waals surface area contributed by atoms with Crippen molar-refractivity contribution in [1.82, 2.24) is 10.6 Å². The zero-order chi connectivity index (χ0) is 26.0. The number of Topliss-reactive ketones (excluding diaryl/α,β-unsaturated/α-hetero) is 1. The molecule has 1 fully saturated rings. The number of carbonyl (C=O) groups is 3. The number of aromatic hydroxyl groups is 1. The number of rotatable bonds is 3. The lowest BCUT2D eigenvalue weighted by Crippen LogP contribution is -2.63. The van der Waals surface area contributed by atoms with E-state index in [4.69, 9.17) is 0 Å². The Morgan fingerprint density at radius 1 is 1.14 bits per heavy atom. The van der Waals surface area contributed by atoms with E-state index < -0.39 is 64.3 Å². The Hall–Kier alpha value is -3.41. The summed E-state index contributed by atoms with van der Waals surface area (Å²) in [7, 11) is 5.11. The SMILES string of the molecule is CN[C@@H]1C(O)=C(C(=O)NC(C)=O)C(O)(O)C2C(=O)C3=C(O)c4c(O)ccc(N(C)C)c4CC3CC21. The molecule has 188 valence electrons. The fourth-order valence-electron chi connectivity index (χ4n) is 5.91. The monoisotopic (exact) mass is 487 g/mol. The van der Waals surface area contributed by atoms with Crippen LogP contribution < -0.4 is 15.5 Å². The normalized spacial score (nSPS) is 27.1. The maximum absolute atomic E-state index is 13.8. The molecule has 0 heterocycles. The van der Waals surface area contributed by atoms with Crippen molar-refractivity contribution in [3.05, 3.63) is 40.2 Å². The number of anilines is 1. The lowest BCUT2D eigenvalue weighted by Gasteiger charge is -2.49. The molecular weight excluding hydrogens is 458 g/mol. The minimum absolute atomic E-state index is 0.0694. The predicted molar refractivity (Wildman–Crippen MR) is 124 cm³/mol. The molecule has 0 saturated heterocycles. The lowest BCUT2D eigenvalue weighted by molar-refractivity contribution is -0.200. The van der Waals surface area contributed by atoms with Crippen LogP contribution in [-0.4, -0.2) is 76.1 Å². The van der Waals surface area contributed by atoms with Gasteiger partial charge in [0.05, 0.1) is 17.5 Å². The van der Waals surface area contributed by atoms with Crippen LogP contribution >= 0.6 is 0 Å². The van der Waals surface area contributed by atoms with Gasteiger partial charge in [-0.1, -0.05) is 0 Å². The number of fused-ring (bicyclic) bond motifs is 3. The molecule has 4 atom stereocenters. The maximum Gasteiger partial charge on any atom is 0.262 e. The standard InChI is InChI=1S/C24H29N3O8/c1-9(28)26-23(33)18-22(32)19(25-2)12-8-10-7-11-13(27(3)4)5-6-14(29)16(11)20(30)15(10)21(31)17(12)24(18,34)35/h5-6,10,12,17,19,25,29-30,32,34-35H,7-8H2,1-4H3,(H,26,28,33)/t10?,12?,17?,19-/m0/s1. The van der Waals surface area contributed by atoms with Crippen molar-refractivity contribution in [1.29, 1.82) is 0 Å². The van der Waals surface area contributed by atoms with Gasteiger partial charge < -0.3 is 35.7 Å². The number of allylic oxidation sites excluding steroid dienone is 1. The van der Waals surface area contributed by atoms with Crippen molar-refractivity contribution < 1.29 is 39.9 Å². The summed E-state index contributed by atoms with van der Waals surface area (Å²) in [6.07, 6.45) is 0.450. The van der Waals surface area contributed by atoms with Gasteiger partial charge in [-0.05, 0) is 49.4 Å². The van der Waals surface area contributed by atoms with Crippen molar-refractivity contribution in [2.45, 2.75) is 31.6 Å². The molecule has 2 amide bonds. The Morgan fingerprint density at radius 2 is 1.80 bits per heavy atom. The molecule has 4 rings (SSSR count). The Morgan fingerprint density at radius 3 is 2.37 bits per heavy atom. The highest BCUT2D eigenvalue weighted by molar-refractivity contribution is 6.10. The molecule has 0 bridgehead atoms. The summed E-state index contributed by atoms with van der Waals surface area (Å²) in [6.45, 7) is 1.04. The van der Waals surface area contributed by atoms with E-state index in [9.17, 15) is 39.9 Å². The molecule has 11 heteroatoms. The lowest BCUT2D eigenvalue weighted by atomic mass is 9.58. The number of phenolic OH excluding ortho intramolecular Hbond substituents is 1. The third kappa shape index (κ3) is 3.58. The summed E-state index contributed by atoms with van der Waals surface area (Å²) in [6, 6.07) is 2.12. The number of benzene rings is 1. The topological polar surface area (TPSA) is 180 Å². The molecule has 0 spiro atoms. The summed E-state index contributed by atoms with van der Waals surface area (Å²) >= 11 is 0. The average molecular weight is 488 g/mol. The van der Waals surface area contributed by atoms with Crippen LogP contribution in [0.1, 0.15) is 24.5 Å². The molecule has 1 aromatic carbocycles. The maximum atomic E-state index is 13.8. The van der Waals surface area contributed by atoms with Crippen LogP contribution in [0.2, 0.25) is 0 Å². The first-order valence-corrected chi connectivity index (χ1v) is 11.2. The molecule has 35 heavy (non-hydrogen) atoms. The van der Waals surface area contributed by atoms with Crippen LogP contribution in [0, 0.1) is 17.8 Å². The van der Waals surface area contributed by atoms with Crippen molar-refractivity contribution >= 4 is 29.0 Å². The van der Waals surface area contributed by atoms with Gasteiger partial charge in [0.25, 0.3) is 5.91 Å². The molecule has 11 nitrogen and oxygen atoms in total. The molecular formula is C24H29N3O8. The number of hydrogen-bond acceptors (Lipinski definition) is 10. The van der Waals surface area contributed by atoms with Crippen LogP contribution in [0.25, 0.3) is 5.76 Å². The Kier molecular flexibility index (Phi) is 5.90. The third-order valence-corrected chi connectivity index (χ3v) is 7.24. The molecule has 3 aliphatic rings. The Bertz CT molecular complexity index is 1200. The van der Waals surface area contributed by atoms with Crippen molar-refractivity contribution in [3.8, 4) is 5.75 Å². The van der Waals surface area contributed by atoms with E-state index in [0.717, 1.165) is 12.6 Å². The number of phenols is 1. The van der Waals surface area contributed by atoms with E-state index in [2.05, 4.69) is 5.32 Å². The number of nitrogens with zero attached hydrogens (tertiary/aromatic N) is 1. The zero-order valence-electron chi connectivity index (χ0n) is 19.8. The van der Waals surface area contributed by atoms with Gasteiger partial charge >= 0.3 is 0 Å². The molecule has 7 N–H and O–H groups in total. The highest BCUT2D eigenvalue weighted by atomic mass is 16.5. The highest BCUT2D eigenvalue weighted by Crippen LogP contribution is 2.53. The van der Waals surface area contributed by atoms with Crippen molar-refractivity contribution in [2.24, 2.45) is 17.8 Å². The smallest absolute Gasteiger partial charge is 0.262 e. The predicted octanol–water partition coefficient (Wildman–Crippen LogP) is -0.138. The first-order valence-electron chi connectivity index (χ1n) is 11.2. The van der Waals surface area contributed by atoms with Crippen LogP contribution in [0.4, 0.5) is 5.69 Å². The summed E-state index contributed by atoms with van der Waals surface area (Å²) in [4.78, 5) is 39.6. The second-order valence-electron chi connectivity index (χ2n) is 9.52. The highest BCUT2D eigenvalue weighted by Gasteiger charge is 2.61. The minimum atomic E-state index is -3.12. The molecule has 0 radical (unpaired) electrons. The largest absolute Gasteiger partial charge is 0.510 e. The quantitative estimate of drug-likeness (QED) is 0.284. The summed E-state index contributed by atoms with van der Waals surface area (Å²) in [5.41, 5.74) is 0.514. The van der Waals surface area contributed by atoms with Gasteiger partial charge in [-0.15, -0.1) is 0 Å². The van der Waals surface area contributed by atoms with Crippen LogP contribution in [0.5, 0.6) is 5.75 Å². The summed E-state index contributed by atoms with van der Waals surface area (Å²) in [5, 5.41) is 59.4. The molecule has 1 saturated carbocycles. The van der Waals surface area contributed by atoms with E-state index in [0.29, 0.717) is 5.56 Å². The molecule has 0 aromatic heterocycles. The number of imide groups is 1. The van der Waals surface area contributed by atoms with Gasteiger partial charge in [0, 0.05) is 32.3 Å². The fraction of sp³-hybridized carbons (Fsp3) is 0.458. The fourth-order valence-corrected chi connectivity index (χ4v) is 5.91. The number of nitrogens with one attached hydrogen (secondary N) is 2. The number of aliphatic hydroxyl groups is 4. The second-order valence-corrected chi connectivity index (χ2v) is 9.52. The van der Waals surface area contributed by atoms with E-state index in [1.165, 1.54) is 13.1 Å². The summed E-state index contributed by atoms with van der Waals surface area (Å²) < 4.78 is 0. The first-order chi connectivity index (χ1) is 16.3. The minimum Gasteiger partial charge on any atom is -0.510 e. The van der Waals surface area contributed by atoms with Crippen LogP contribution in [-0.2, 0) is 20.8 Å². The number of amides is 2. The molecule has 1 aromatic rings. The third-order valence-electron chi connectivity index (χ3n) is 7.24. The van der Waals surface area contributed by atoms with Crippen molar-refractivity contribution in [2.75, 3.05) is 26.0 Å². The van der Waals surface area contributed by atoms with Gasteiger partial charge in [0.1, 0.15) is 22.8 Å². The Balaban J connectivity index is 1.89. The number of likely N-dealkylation sites (N-methyl/N-ethyl adjacent to an activating group) is 1. The van der Waals surface area contributed by atoms with Gasteiger partial charge in [-0.3, -0.25) is 19.7 Å². The van der Waals surface area contributed by atoms with Gasteiger partial charge in [0.2, 0.25) is 11.7 Å². The van der Waals surface area contributed by atoms with Crippen LogP contribution in [0.15, 0.2) is 29.0 Å². The Labute approximate surface area is 201 Å². The molecule has 3 unspecified atom stereocenters. The van der Waals surface area contributed by atoms with Gasteiger partial charge in [-0.2, -0.15) is 0 Å². The van der Waals surface area contributed by atoms with Crippen molar-refractivity contribution in [3.63, 3.8) is 0 Å². The molecule has 3 aliphatic carbocycles. The van der Waals surface area contributed by atoms with E-state index in [-0.39, 0.29) is 29.7 Å². The van der Waals surface area contributed by atoms with Gasteiger partial charge in [-0.25, -0.2) is 0 Å². The molecule has 0 aliphatic heterocycles. The number of ketones is 1. The average Bonchev–Trinajstić information content (AvgIpc) is 2.72. The summed E-state index contributed by atoms with van der Waals surface area (Å²) in [5.74, 6) is -10.3. The van der Waals surface area contributed by atoms with Gasteiger partial charge in [0.15, 0.2) is 5.78 Å². The first kappa shape index (κ1) is 24.7. The van der Waals surface area contributed by atoms with E-state index in [1.54, 1.807) is 6.07 Å². The number of aliphatic hydroxyl groups excluding tert-OH is 2. The number of hydrogen-bond donors (Lipinski definition) is 7.